The number of nitrogens with zero attached hydrogens (tertiary/aromatic N) is 4. The Balaban J connectivity index is 0.000000492. The monoisotopic (exact) mass is 490 g/mol. The molecule has 1 aliphatic carbocycles. The summed E-state index contributed by atoms with van der Waals surface area (Å²) in [4.78, 5) is 29.0. The number of piperazine rings is 1. The van der Waals surface area contributed by atoms with Gasteiger partial charge in [0.15, 0.2) is 5.13 Å². The van der Waals surface area contributed by atoms with Crippen molar-refractivity contribution in [3.63, 3.8) is 0 Å². The van der Waals surface area contributed by atoms with Crippen molar-refractivity contribution in [3.8, 4) is 11.3 Å². The molecule has 0 amide bonds. The largest absolute Gasteiger partial charge is 0.483 e. The average molecular weight is 491 g/mol. The van der Waals surface area contributed by atoms with E-state index in [1.54, 1.807) is 11.3 Å². The van der Waals surface area contributed by atoms with Gasteiger partial charge in [0, 0.05) is 56.3 Å². The maximum Gasteiger partial charge on any atom is 0.290 e. The SMILES string of the molecule is CN1CCN([C@@H]2C[C@@H]3CN(c4nc(-c5ccccc5)cs4)C[C@@H]3C[C@H]2O)CC1.O=CO.O=CO. The number of anilines is 1. The zero-order chi connectivity index (χ0) is 24.5. The summed E-state index contributed by atoms with van der Waals surface area (Å²) in [5.41, 5.74) is 2.26. The molecule has 4 atom stereocenters. The molecule has 9 nitrogen and oxygen atoms in total. The summed E-state index contributed by atoms with van der Waals surface area (Å²) in [5.74, 6) is 1.28. The number of thiazole rings is 1. The van der Waals surface area contributed by atoms with Crippen LogP contribution in [0.5, 0.6) is 0 Å². The maximum absolute atomic E-state index is 10.9. The van der Waals surface area contributed by atoms with E-state index in [2.05, 4.69) is 51.4 Å². The molecule has 0 unspecified atom stereocenters. The number of carboxylic acid groups (broad SMARTS) is 2. The van der Waals surface area contributed by atoms with Crippen molar-refractivity contribution in [2.75, 3.05) is 51.2 Å². The number of fused-ring (bicyclic) bond motifs is 1. The first kappa shape index (κ1) is 26.1. The Kier molecular flexibility index (Phi) is 9.82. The fourth-order valence-electron chi connectivity index (χ4n) is 5.26. The van der Waals surface area contributed by atoms with Gasteiger partial charge in [0.1, 0.15) is 0 Å². The molecule has 2 saturated heterocycles. The van der Waals surface area contributed by atoms with Crippen molar-refractivity contribution < 1.29 is 24.9 Å². The van der Waals surface area contributed by atoms with Gasteiger partial charge in [0.25, 0.3) is 12.9 Å². The molecule has 1 aromatic carbocycles. The van der Waals surface area contributed by atoms with Crippen LogP contribution in [-0.2, 0) is 9.59 Å². The number of carbonyl (C=O) groups is 2. The highest BCUT2D eigenvalue weighted by Crippen LogP contribution is 2.41. The number of hydrogen-bond donors (Lipinski definition) is 3. The van der Waals surface area contributed by atoms with Gasteiger partial charge in [-0.3, -0.25) is 14.5 Å². The molecule has 0 radical (unpaired) electrons. The Labute approximate surface area is 204 Å². The van der Waals surface area contributed by atoms with Crippen molar-refractivity contribution in [1.29, 1.82) is 0 Å². The van der Waals surface area contributed by atoms with Crippen LogP contribution in [0, 0.1) is 11.8 Å². The Morgan fingerprint density at radius 2 is 1.56 bits per heavy atom. The number of hydrogen-bond acceptors (Lipinski definition) is 8. The van der Waals surface area contributed by atoms with Crippen LogP contribution >= 0.6 is 11.3 Å². The molecule has 186 valence electrons. The van der Waals surface area contributed by atoms with Gasteiger partial charge >= 0.3 is 0 Å². The second-order valence-corrected chi connectivity index (χ2v) is 9.80. The normalized spacial score (nSPS) is 26.9. The molecule has 3 heterocycles. The summed E-state index contributed by atoms with van der Waals surface area (Å²) < 4.78 is 0. The smallest absolute Gasteiger partial charge is 0.290 e. The summed E-state index contributed by atoms with van der Waals surface area (Å²) in [7, 11) is 2.19. The van der Waals surface area contributed by atoms with E-state index < -0.39 is 0 Å². The molecule has 5 rings (SSSR count). The molecule has 34 heavy (non-hydrogen) atoms. The minimum Gasteiger partial charge on any atom is -0.483 e. The van der Waals surface area contributed by atoms with E-state index in [9.17, 15) is 5.11 Å². The van der Waals surface area contributed by atoms with E-state index in [0.717, 1.165) is 62.9 Å². The third-order valence-electron chi connectivity index (χ3n) is 6.95. The van der Waals surface area contributed by atoms with Crippen molar-refractivity contribution in [2.24, 2.45) is 11.8 Å². The lowest BCUT2D eigenvalue weighted by atomic mass is 9.77. The Hall–Kier alpha value is -2.53. The van der Waals surface area contributed by atoms with Gasteiger partial charge < -0.3 is 25.1 Å². The third kappa shape index (κ3) is 6.53. The number of aliphatic hydroxyl groups excluding tert-OH is 1. The van der Waals surface area contributed by atoms with Crippen LogP contribution in [0.1, 0.15) is 12.8 Å². The van der Waals surface area contributed by atoms with Crippen molar-refractivity contribution in [3.05, 3.63) is 35.7 Å². The molecule has 3 N–H and O–H groups in total. The van der Waals surface area contributed by atoms with Crippen molar-refractivity contribution >= 4 is 29.4 Å². The van der Waals surface area contributed by atoms with Gasteiger partial charge in [0.05, 0.1) is 11.8 Å². The van der Waals surface area contributed by atoms with Gasteiger partial charge in [-0.2, -0.15) is 0 Å². The van der Waals surface area contributed by atoms with Crippen LogP contribution < -0.4 is 4.90 Å². The fourth-order valence-corrected chi connectivity index (χ4v) is 6.12. The molecule has 0 bridgehead atoms. The highest BCUT2D eigenvalue weighted by atomic mass is 32.1. The molecule has 1 aromatic heterocycles. The van der Waals surface area contributed by atoms with Crippen LogP contribution in [0.4, 0.5) is 5.13 Å². The summed E-state index contributed by atoms with van der Waals surface area (Å²) in [6, 6.07) is 10.8. The summed E-state index contributed by atoms with van der Waals surface area (Å²) in [5, 5.41) is 27.9. The van der Waals surface area contributed by atoms with Crippen LogP contribution in [0.2, 0.25) is 0 Å². The first-order valence-electron chi connectivity index (χ1n) is 11.5. The quantitative estimate of drug-likeness (QED) is 0.556. The van der Waals surface area contributed by atoms with Crippen LogP contribution in [-0.4, -0.2) is 102 Å². The molecule has 2 aliphatic heterocycles. The minimum atomic E-state index is -0.250. The zero-order valence-corrected chi connectivity index (χ0v) is 20.3. The number of benzene rings is 1. The Bertz CT molecular complexity index is 884. The van der Waals surface area contributed by atoms with Gasteiger partial charge in [0.2, 0.25) is 0 Å². The minimum absolute atomic E-state index is 0.180. The molecule has 3 aliphatic rings. The lowest BCUT2D eigenvalue weighted by Gasteiger charge is -2.44. The highest BCUT2D eigenvalue weighted by molar-refractivity contribution is 7.14. The molecule has 3 fully saturated rings. The lowest BCUT2D eigenvalue weighted by Crippen LogP contribution is -2.55. The molecule has 2 aromatic rings. The summed E-state index contributed by atoms with van der Waals surface area (Å²) in [6.45, 7) is 6.04. The summed E-state index contributed by atoms with van der Waals surface area (Å²) in [6.07, 6.45) is 1.89. The van der Waals surface area contributed by atoms with Gasteiger partial charge in [-0.15, -0.1) is 11.3 Å². The Morgan fingerprint density at radius 3 is 2.18 bits per heavy atom. The van der Waals surface area contributed by atoms with E-state index >= 15 is 0 Å². The van der Waals surface area contributed by atoms with Gasteiger partial charge in [-0.1, -0.05) is 30.3 Å². The number of rotatable bonds is 3. The predicted molar refractivity (Wildman–Crippen MR) is 132 cm³/mol. The van der Waals surface area contributed by atoms with Gasteiger partial charge in [-0.05, 0) is 31.7 Å². The molecule has 0 spiro atoms. The Morgan fingerprint density at radius 1 is 0.971 bits per heavy atom. The highest BCUT2D eigenvalue weighted by Gasteiger charge is 2.44. The first-order chi connectivity index (χ1) is 16.5. The average Bonchev–Trinajstić information content (AvgIpc) is 3.48. The molecular weight excluding hydrogens is 456 g/mol. The number of likely N-dealkylation sites (N-methyl/N-ethyl adjacent to an activating group) is 1. The summed E-state index contributed by atoms with van der Waals surface area (Å²) >= 11 is 1.75. The van der Waals surface area contributed by atoms with Crippen LogP contribution in [0.25, 0.3) is 11.3 Å². The number of aromatic nitrogens is 1. The first-order valence-corrected chi connectivity index (χ1v) is 12.4. The zero-order valence-electron chi connectivity index (χ0n) is 19.4. The van der Waals surface area contributed by atoms with Crippen LogP contribution in [0.3, 0.4) is 0 Å². The van der Waals surface area contributed by atoms with E-state index in [-0.39, 0.29) is 19.0 Å². The second-order valence-electron chi connectivity index (χ2n) is 8.96. The standard InChI is InChI=1S/C22H30N4OS.2CH2O2/c1-24-7-9-25(10-8-24)20-11-17-13-26(14-18(17)12-21(20)27)22-23-19(15-28-22)16-5-3-2-4-6-16;2*2-1-3/h2-6,15,17-18,20-21,27H,7-14H2,1H3;2*1H,(H,2,3)/t17-,18+,20-,21-;;/m1../s1. The topological polar surface area (TPSA) is 117 Å². The van der Waals surface area contributed by atoms with E-state index in [4.69, 9.17) is 24.8 Å². The predicted octanol–water partition coefficient (Wildman–Crippen LogP) is 2.03. The third-order valence-corrected chi connectivity index (χ3v) is 7.85. The van der Waals surface area contributed by atoms with Crippen molar-refractivity contribution in [2.45, 2.75) is 25.0 Å². The van der Waals surface area contributed by atoms with E-state index in [1.165, 1.54) is 5.56 Å². The van der Waals surface area contributed by atoms with E-state index in [1.807, 2.05) is 6.07 Å². The van der Waals surface area contributed by atoms with Crippen molar-refractivity contribution in [1.82, 2.24) is 14.8 Å². The molecule has 1 saturated carbocycles. The molecular formula is C24H34N4O5S. The second kappa shape index (κ2) is 12.8. The number of aliphatic hydroxyl groups is 1. The van der Waals surface area contributed by atoms with E-state index in [0.29, 0.717) is 17.9 Å². The van der Waals surface area contributed by atoms with Crippen LogP contribution in [0.15, 0.2) is 35.7 Å². The molecule has 10 heteroatoms. The lowest BCUT2D eigenvalue weighted by molar-refractivity contribution is -0.123. The van der Waals surface area contributed by atoms with Gasteiger partial charge in [-0.25, -0.2) is 4.98 Å². The fraction of sp³-hybridized carbons (Fsp3) is 0.542. The maximum atomic E-state index is 10.9.